The van der Waals surface area contributed by atoms with Crippen molar-refractivity contribution in [2.75, 3.05) is 13.1 Å². The minimum Gasteiger partial charge on any atom is -0.389 e. The molecule has 0 fully saturated rings. The molecule has 0 radical (unpaired) electrons. The first-order valence-electron chi connectivity index (χ1n) is 6.19. The van der Waals surface area contributed by atoms with Crippen LogP contribution in [0, 0.1) is 11.6 Å². The number of halogens is 2. The Morgan fingerprint density at radius 3 is 2.35 bits per heavy atom. The maximum absolute atomic E-state index is 13.5. The van der Waals surface area contributed by atoms with Gasteiger partial charge in [0.25, 0.3) is 0 Å². The van der Waals surface area contributed by atoms with Crippen LogP contribution in [-0.4, -0.2) is 36.5 Å². The Bertz CT molecular complexity index is 567. The second-order valence-corrected chi connectivity index (χ2v) is 7.20. The van der Waals surface area contributed by atoms with Gasteiger partial charge in [-0.2, -0.15) is 4.31 Å². The van der Waals surface area contributed by atoms with Crippen molar-refractivity contribution in [3.05, 3.63) is 35.4 Å². The number of nitrogens with zero attached hydrogens (tertiary/aromatic N) is 1. The molecule has 0 saturated carbocycles. The molecule has 0 aliphatic heterocycles. The molecule has 0 spiro atoms. The highest BCUT2D eigenvalue weighted by atomic mass is 32.2. The summed E-state index contributed by atoms with van der Waals surface area (Å²) in [7, 11) is -3.78. The molecule has 1 N–H and O–H groups in total. The lowest BCUT2D eigenvalue weighted by Gasteiger charge is -2.27. The third-order valence-corrected chi connectivity index (χ3v) is 4.51. The summed E-state index contributed by atoms with van der Waals surface area (Å²) < 4.78 is 51.8. The van der Waals surface area contributed by atoms with E-state index in [-0.39, 0.29) is 18.7 Å². The molecule has 0 saturated heterocycles. The molecule has 0 aliphatic carbocycles. The summed E-state index contributed by atoms with van der Waals surface area (Å²) in [4.78, 5) is 0. The van der Waals surface area contributed by atoms with Crippen LogP contribution in [0.5, 0.6) is 0 Å². The molecule has 114 valence electrons. The third-order valence-electron chi connectivity index (χ3n) is 2.66. The number of sulfonamides is 1. The second kappa shape index (κ2) is 6.15. The molecule has 20 heavy (non-hydrogen) atoms. The average Bonchev–Trinajstić information content (AvgIpc) is 2.28. The zero-order chi connectivity index (χ0) is 15.6. The lowest BCUT2D eigenvalue weighted by molar-refractivity contribution is 0.0601. The van der Waals surface area contributed by atoms with Crippen LogP contribution in [0.3, 0.4) is 0 Å². The van der Waals surface area contributed by atoms with Crippen molar-refractivity contribution >= 4 is 10.0 Å². The minimum atomic E-state index is -3.78. The quantitative estimate of drug-likeness (QED) is 0.873. The first-order chi connectivity index (χ1) is 9.05. The van der Waals surface area contributed by atoms with Crippen LogP contribution in [0.2, 0.25) is 0 Å². The van der Waals surface area contributed by atoms with Gasteiger partial charge < -0.3 is 5.11 Å². The summed E-state index contributed by atoms with van der Waals surface area (Å²) in [6, 6.07) is 2.78. The lowest BCUT2D eigenvalue weighted by atomic mass is 10.1. The van der Waals surface area contributed by atoms with Gasteiger partial charge in [-0.05, 0) is 19.9 Å². The molecule has 0 unspecified atom stereocenters. The van der Waals surface area contributed by atoms with E-state index in [1.807, 2.05) is 0 Å². The van der Waals surface area contributed by atoms with Gasteiger partial charge >= 0.3 is 0 Å². The number of benzene rings is 1. The molecule has 4 nitrogen and oxygen atoms in total. The van der Waals surface area contributed by atoms with Crippen LogP contribution >= 0.6 is 0 Å². The average molecular weight is 307 g/mol. The Morgan fingerprint density at radius 2 is 1.90 bits per heavy atom. The molecule has 1 rings (SSSR count). The Balaban J connectivity index is 2.98. The van der Waals surface area contributed by atoms with Crippen LogP contribution in [0.1, 0.15) is 26.3 Å². The van der Waals surface area contributed by atoms with Gasteiger partial charge in [0, 0.05) is 24.7 Å². The van der Waals surface area contributed by atoms with Crippen molar-refractivity contribution in [1.29, 1.82) is 0 Å². The van der Waals surface area contributed by atoms with E-state index in [2.05, 4.69) is 0 Å². The van der Waals surface area contributed by atoms with Crippen molar-refractivity contribution in [3.8, 4) is 0 Å². The highest BCUT2D eigenvalue weighted by Crippen LogP contribution is 2.17. The smallest absolute Gasteiger partial charge is 0.218 e. The monoisotopic (exact) mass is 307 g/mol. The summed E-state index contributed by atoms with van der Waals surface area (Å²) >= 11 is 0. The Kier molecular flexibility index (Phi) is 5.23. The molecule has 0 heterocycles. The zero-order valence-corrected chi connectivity index (χ0v) is 12.5. The largest absolute Gasteiger partial charge is 0.389 e. The van der Waals surface area contributed by atoms with Gasteiger partial charge in [-0.25, -0.2) is 17.2 Å². The molecule has 0 aliphatic rings. The number of hydrogen-bond donors (Lipinski definition) is 1. The van der Waals surface area contributed by atoms with Crippen molar-refractivity contribution in [2.45, 2.75) is 32.1 Å². The minimum absolute atomic E-state index is 0.0886. The van der Waals surface area contributed by atoms with Crippen molar-refractivity contribution < 1.29 is 22.3 Å². The molecule has 0 atom stereocenters. The van der Waals surface area contributed by atoms with E-state index in [0.29, 0.717) is 6.07 Å². The van der Waals surface area contributed by atoms with Gasteiger partial charge in [0.2, 0.25) is 10.0 Å². The highest BCUT2D eigenvalue weighted by molar-refractivity contribution is 7.88. The normalized spacial score (nSPS) is 12.9. The molecule has 1 aromatic rings. The predicted molar refractivity (Wildman–Crippen MR) is 72.5 cm³/mol. The molecular formula is C13H19F2NO3S. The lowest BCUT2D eigenvalue weighted by Crippen LogP contribution is -2.42. The molecule has 7 heteroatoms. The standard InChI is InChI=1S/C13H19F2NO3S/c1-4-16(9-13(2,3)17)20(18,19)8-10-5-6-11(14)7-12(10)15/h5-7,17H,4,8-9H2,1-3H3. The number of hydrogen-bond acceptors (Lipinski definition) is 3. The van der Waals surface area contributed by atoms with E-state index in [4.69, 9.17) is 0 Å². The zero-order valence-electron chi connectivity index (χ0n) is 11.7. The van der Waals surface area contributed by atoms with E-state index in [1.54, 1.807) is 6.92 Å². The summed E-state index contributed by atoms with van der Waals surface area (Å²) in [5.41, 5.74) is -1.29. The molecule has 0 bridgehead atoms. The molecule has 0 amide bonds. The molecule has 1 aromatic carbocycles. The van der Waals surface area contributed by atoms with Gasteiger partial charge in [0.15, 0.2) is 0 Å². The highest BCUT2D eigenvalue weighted by Gasteiger charge is 2.27. The fraction of sp³-hybridized carbons (Fsp3) is 0.538. The van der Waals surface area contributed by atoms with Crippen LogP contribution < -0.4 is 0 Å². The number of likely N-dealkylation sites (N-methyl/N-ethyl adjacent to an activating group) is 1. The molecular weight excluding hydrogens is 288 g/mol. The second-order valence-electron chi connectivity index (χ2n) is 5.23. The van der Waals surface area contributed by atoms with Gasteiger partial charge in [-0.15, -0.1) is 0 Å². The van der Waals surface area contributed by atoms with Crippen LogP contribution in [0.25, 0.3) is 0 Å². The first-order valence-corrected chi connectivity index (χ1v) is 7.80. The van der Waals surface area contributed by atoms with E-state index >= 15 is 0 Å². The maximum Gasteiger partial charge on any atom is 0.218 e. The van der Waals surface area contributed by atoms with E-state index in [1.165, 1.54) is 13.8 Å². The van der Waals surface area contributed by atoms with Crippen molar-refractivity contribution in [3.63, 3.8) is 0 Å². The fourth-order valence-electron chi connectivity index (χ4n) is 1.76. The first kappa shape index (κ1) is 17.0. The van der Waals surface area contributed by atoms with E-state index in [0.717, 1.165) is 16.4 Å². The topological polar surface area (TPSA) is 57.6 Å². The summed E-state index contributed by atoms with van der Waals surface area (Å²) in [6.45, 7) is 4.68. The summed E-state index contributed by atoms with van der Waals surface area (Å²) in [6.07, 6.45) is 0. The van der Waals surface area contributed by atoms with Gasteiger partial charge in [-0.1, -0.05) is 13.0 Å². The van der Waals surface area contributed by atoms with Gasteiger partial charge in [-0.3, -0.25) is 0 Å². The SMILES string of the molecule is CCN(CC(C)(C)O)S(=O)(=O)Cc1ccc(F)cc1F. The van der Waals surface area contributed by atoms with Crippen molar-refractivity contribution in [1.82, 2.24) is 4.31 Å². The Labute approximate surface area is 118 Å². The van der Waals surface area contributed by atoms with Crippen LogP contribution in [0.4, 0.5) is 8.78 Å². The molecule has 0 aromatic heterocycles. The Hall–Kier alpha value is -1.05. The van der Waals surface area contributed by atoms with E-state index < -0.39 is 33.0 Å². The predicted octanol–water partition coefficient (Wildman–Crippen LogP) is 1.89. The fourth-order valence-corrected chi connectivity index (χ4v) is 3.48. The van der Waals surface area contributed by atoms with Crippen molar-refractivity contribution in [2.24, 2.45) is 0 Å². The third kappa shape index (κ3) is 4.81. The number of aliphatic hydroxyl groups is 1. The Morgan fingerprint density at radius 1 is 1.30 bits per heavy atom. The van der Waals surface area contributed by atoms with Crippen LogP contribution in [0.15, 0.2) is 18.2 Å². The number of rotatable bonds is 6. The summed E-state index contributed by atoms with van der Waals surface area (Å²) in [5.74, 6) is -2.22. The maximum atomic E-state index is 13.5. The summed E-state index contributed by atoms with van der Waals surface area (Å²) in [5, 5.41) is 9.71. The van der Waals surface area contributed by atoms with Gasteiger partial charge in [0.05, 0.1) is 11.4 Å². The van der Waals surface area contributed by atoms with Crippen LogP contribution in [-0.2, 0) is 15.8 Å². The van der Waals surface area contributed by atoms with Gasteiger partial charge in [0.1, 0.15) is 11.6 Å². The van der Waals surface area contributed by atoms with E-state index in [9.17, 15) is 22.3 Å².